The number of nitrogens with zero attached hydrogens (tertiary/aromatic N) is 1. The normalized spacial score (nSPS) is 10.4. The third-order valence-electron chi connectivity index (χ3n) is 1.92. The average molecular weight is 208 g/mol. The molecule has 0 bridgehead atoms. The maximum Gasteiger partial charge on any atom is 0.196 e. The van der Waals surface area contributed by atoms with Crippen molar-refractivity contribution >= 4 is 11.6 Å². The SMILES string of the molecule is ClCCc1ncc(-c2ccccc2)o1. The highest BCUT2D eigenvalue weighted by molar-refractivity contribution is 6.17. The highest BCUT2D eigenvalue weighted by atomic mass is 35.5. The quantitative estimate of drug-likeness (QED) is 0.723. The lowest BCUT2D eigenvalue weighted by Gasteiger charge is -1.93. The van der Waals surface area contributed by atoms with Crippen molar-refractivity contribution in [1.29, 1.82) is 0 Å². The van der Waals surface area contributed by atoms with Crippen LogP contribution in [0.5, 0.6) is 0 Å². The molecule has 0 saturated heterocycles. The van der Waals surface area contributed by atoms with Crippen LogP contribution < -0.4 is 0 Å². The molecule has 2 nitrogen and oxygen atoms in total. The van der Waals surface area contributed by atoms with E-state index in [0.29, 0.717) is 18.2 Å². The lowest BCUT2D eigenvalue weighted by atomic mass is 10.2. The first kappa shape index (κ1) is 9.28. The summed E-state index contributed by atoms with van der Waals surface area (Å²) in [6.07, 6.45) is 2.41. The van der Waals surface area contributed by atoms with Gasteiger partial charge in [0, 0.05) is 17.9 Å². The number of halogens is 1. The van der Waals surface area contributed by atoms with Crippen LogP contribution in [0.15, 0.2) is 40.9 Å². The Kier molecular flexibility index (Phi) is 2.84. The van der Waals surface area contributed by atoms with Gasteiger partial charge in [-0.2, -0.15) is 0 Å². The molecular formula is C11H10ClNO. The van der Waals surface area contributed by atoms with E-state index in [9.17, 15) is 0 Å². The second kappa shape index (κ2) is 4.29. The number of hydrogen-bond acceptors (Lipinski definition) is 2. The highest BCUT2D eigenvalue weighted by Gasteiger charge is 2.04. The van der Waals surface area contributed by atoms with Crippen LogP contribution in [-0.2, 0) is 6.42 Å². The number of hydrogen-bond donors (Lipinski definition) is 0. The smallest absolute Gasteiger partial charge is 0.196 e. The van der Waals surface area contributed by atoms with Crippen LogP contribution in [0.25, 0.3) is 11.3 Å². The van der Waals surface area contributed by atoms with Crippen LogP contribution >= 0.6 is 11.6 Å². The molecule has 1 heterocycles. The summed E-state index contributed by atoms with van der Waals surface area (Å²) in [7, 11) is 0. The van der Waals surface area contributed by atoms with Gasteiger partial charge in [0.15, 0.2) is 11.7 Å². The Morgan fingerprint density at radius 3 is 2.71 bits per heavy atom. The Labute approximate surface area is 87.5 Å². The maximum absolute atomic E-state index is 5.59. The molecule has 0 radical (unpaired) electrons. The van der Waals surface area contributed by atoms with Gasteiger partial charge < -0.3 is 4.42 Å². The molecule has 2 rings (SSSR count). The van der Waals surface area contributed by atoms with Crippen molar-refractivity contribution in [3.8, 4) is 11.3 Å². The third kappa shape index (κ3) is 1.96. The monoisotopic (exact) mass is 207 g/mol. The fraction of sp³-hybridized carbons (Fsp3) is 0.182. The van der Waals surface area contributed by atoms with Gasteiger partial charge in [-0.3, -0.25) is 0 Å². The van der Waals surface area contributed by atoms with Crippen molar-refractivity contribution < 1.29 is 4.42 Å². The minimum atomic E-state index is 0.536. The summed E-state index contributed by atoms with van der Waals surface area (Å²) >= 11 is 5.59. The van der Waals surface area contributed by atoms with Gasteiger partial charge in [-0.25, -0.2) is 4.98 Å². The van der Waals surface area contributed by atoms with E-state index in [2.05, 4.69) is 4.98 Å². The summed E-state index contributed by atoms with van der Waals surface area (Å²) in [6, 6.07) is 9.90. The molecule has 3 heteroatoms. The summed E-state index contributed by atoms with van der Waals surface area (Å²) in [5.41, 5.74) is 1.04. The fourth-order valence-electron chi connectivity index (χ4n) is 1.24. The maximum atomic E-state index is 5.59. The molecule has 0 unspecified atom stereocenters. The van der Waals surface area contributed by atoms with Gasteiger partial charge in [0.2, 0.25) is 0 Å². The van der Waals surface area contributed by atoms with E-state index in [1.807, 2.05) is 30.3 Å². The number of benzene rings is 1. The zero-order chi connectivity index (χ0) is 9.80. The number of oxazole rings is 1. The largest absolute Gasteiger partial charge is 0.441 e. The second-order valence-corrected chi connectivity index (χ2v) is 3.30. The average Bonchev–Trinajstić information content (AvgIpc) is 2.68. The molecule has 0 aliphatic rings. The van der Waals surface area contributed by atoms with Crippen molar-refractivity contribution in [2.75, 3.05) is 5.88 Å². The van der Waals surface area contributed by atoms with Gasteiger partial charge in [-0.05, 0) is 0 Å². The molecule has 1 aromatic carbocycles. The van der Waals surface area contributed by atoms with Gasteiger partial charge in [-0.15, -0.1) is 11.6 Å². The van der Waals surface area contributed by atoms with Crippen molar-refractivity contribution in [2.45, 2.75) is 6.42 Å². The minimum absolute atomic E-state index is 0.536. The standard InChI is InChI=1S/C11H10ClNO/c12-7-6-11-13-8-10(14-11)9-4-2-1-3-5-9/h1-5,8H,6-7H2. The molecule has 0 spiro atoms. The van der Waals surface area contributed by atoms with Crippen molar-refractivity contribution in [3.05, 3.63) is 42.4 Å². The number of aromatic nitrogens is 1. The van der Waals surface area contributed by atoms with Gasteiger partial charge in [0.05, 0.1) is 6.20 Å². The molecule has 0 aliphatic heterocycles. The minimum Gasteiger partial charge on any atom is -0.441 e. The van der Waals surface area contributed by atoms with Gasteiger partial charge in [0.1, 0.15) is 0 Å². The fourth-order valence-corrected chi connectivity index (χ4v) is 1.40. The predicted octanol–water partition coefficient (Wildman–Crippen LogP) is 3.12. The number of rotatable bonds is 3. The first-order chi connectivity index (χ1) is 6.90. The predicted molar refractivity (Wildman–Crippen MR) is 56.4 cm³/mol. The van der Waals surface area contributed by atoms with Crippen LogP contribution in [0.1, 0.15) is 5.89 Å². The summed E-state index contributed by atoms with van der Waals surface area (Å²) in [5, 5.41) is 0. The van der Waals surface area contributed by atoms with E-state index in [-0.39, 0.29) is 0 Å². The van der Waals surface area contributed by atoms with Gasteiger partial charge in [-0.1, -0.05) is 30.3 Å². The molecule has 0 N–H and O–H groups in total. The third-order valence-corrected chi connectivity index (χ3v) is 2.11. The molecule has 0 aliphatic carbocycles. The molecule has 0 amide bonds. The van der Waals surface area contributed by atoms with Crippen LogP contribution in [0, 0.1) is 0 Å². The molecule has 0 saturated carbocycles. The molecule has 72 valence electrons. The molecule has 0 atom stereocenters. The first-order valence-electron chi connectivity index (χ1n) is 4.46. The summed E-state index contributed by atoms with van der Waals surface area (Å²) in [5.74, 6) is 2.03. The summed E-state index contributed by atoms with van der Waals surface area (Å²) in [4.78, 5) is 4.13. The summed E-state index contributed by atoms with van der Waals surface area (Å²) in [6.45, 7) is 0. The molecule has 0 fully saturated rings. The first-order valence-corrected chi connectivity index (χ1v) is 4.99. The lowest BCUT2D eigenvalue weighted by molar-refractivity contribution is 0.515. The van der Waals surface area contributed by atoms with Crippen LogP contribution in [0.4, 0.5) is 0 Å². The van der Waals surface area contributed by atoms with Gasteiger partial charge in [0.25, 0.3) is 0 Å². The van der Waals surface area contributed by atoms with Crippen molar-refractivity contribution in [1.82, 2.24) is 4.98 Å². The van der Waals surface area contributed by atoms with E-state index in [1.54, 1.807) is 6.20 Å². The Morgan fingerprint density at radius 2 is 2.00 bits per heavy atom. The lowest BCUT2D eigenvalue weighted by Crippen LogP contribution is -1.83. The van der Waals surface area contributed by atoms with E-state index in [4.69, 9.17) is 16.0 Å². The molecule has 1 aromatic heterocycles. The van der Waals surface area contributed by atoms with Crippen molar-refractivity contribution in [2.24, 2.45) is 0 Å². The van der Waals surface area contributed by atoms with Crippen LogP contribution in [0.2, 0.25) is 0 Å². The number of aryl methyl sites for hydroxylation is 1. The Bertz CT molecular complexity index is 397. The van der Waals surface area contributed by atoms with Gasteiger partial charge >= 0.3 is 0 Å². The zero-order valence-electron chi connectivity index (χ0n) is 7.61. The van der Waals surface area contributed by atoms with Crippen LogP contribution in [0.3, 0.4) is 0 Å². The Balaban J connectivity index is 2.25. The number of alkyl halides is 1. The topological polar surface area (TPSA) is 26.0 Å². The Hall–Kier alpha value is -1.28. The molecule has 2 aromatic rings. The zero-order valence-corrected chi connectivity index (χ0v) is 8.37. The van der Waals surface area contributed by atoms with E-state index in [0.717, 1.165) is 11.3 Å². The highest BCUT2D eigenvalue weighted by Crippen LogP contribution is 2.19. The Morgan fingerprint density at radius 1 is 1.21 bits per heavy atom. The van der Waals surface area contributed by atoms with E-state index in [1.165, 1.54) is 0 Å². The molecule has 14 heavy (non-hydrogen) atoms. The summed E-state index contributed by atoms with van der Waals surface area (Å²) < 4.78 is 5.51. The van der Waals surface area contributed by atoms with E-state index < -0.39 is 0 Å². The van der Waals surface area contributed by atoms with Crippen molar-refractivity contribution in [3.63, 3.8) is 0 Å². The van der Waals surface area contributed by atoms with Crippen LogP contribution in [-0.4, -0.2) is 10.9 Å². The second-order valence-electron chi connectivity index (χ2n) is 2.92. The molecular weight excluding hydrogens is 198 g/mol. The van der Waals surface area contributed by atoms with E-state index >= 15 is 0 Å².